The Labute approximate surface area is 134 Å². The van der Waals surface area contributed by atoms with Crippen LogP contribution in [0.2, 0.25) is 0 Å². The van der Waals surface area contributed by atoms with Gasteiger partial charge in [0.25, 0.3) is 0 Å². The number of hydrogen-bond donors (Lipinski definition) is 2. The molecule has 0 saturated heterocycles. The third-order valence-corrected chi connectivity index (χ3v) is 3.28. The molecule has 3 aromatic rings. The zero-order valence-electron chi connectivity index (χ0n) is 13.2. The number of anilines is 4. The lowest BCUT2D eigenvalue weighted by Gasteiger charge is -2.08. The fourth-order valence-electron chi connectivity index (χ4n) is 2.05. The SMILES string of the molecule is Cc1cc(Nc2cnnc(Nc3ccc(C(C)C)cc3)n2)no1. The summed E-state index contributed by atoms with van der Waals surface area (Å²) in [6.07, 6.45) is 1.52. The van der Waals surface area contributed by atoms with Crippen LogP contribution in [0.1, 0.15) is 31.1 Å². The maximum atomic E-state index is 5.00. The summed E-state index contributed by atoms with van der Waals surface area (Å²) in [6, 6.07) is 9.95. The first-order chi connectivity index (χ1) is 11.1. The first-order valence-corrected chi connectivity index (χ1v) is 7.37. The molecule has 7 heteroatoms. The molecule has 7 nitrogen and oxygen atoms in total. The number of aryl methyl sites for hydroxylation is 1. The molecule has 3 rings (SSSR count). The Morgan fingerprint density at radius 2 is 1.83 bits per heavy atom. The van der Waals surface area contributed by atoms with Crippen molar-refractivity contribution in [3.63, 3.8) is 0 Å². The van der Waals surface area contributed by atoms with Gasteiger partial charge < -0.3 is 15.2 Å². The van der Waals surface area contributed by atoms with E-state index in [-0.39, 0.29) is 0 Å². The van der Waals surface area contributed by atoms with Crippen molar-refractivity contribution in [3.05, 3.63) is 47.9 Å². The standard InChI is InChI=1S/C16H18N6O/c1-10(2)12-4-6-13(7-5-12)18-16-20-15(9-17-21-16)19-14-8-11(3)23-22-14/h4-10H,1-3H3,(H2,18,19,20,21,22). The molecule has 0 unspecified atom stereocenters. The van der Waals surface area contributed by atoms with Gasteiger partial charge in [0.2, 0.25) is 5.95 Å². The molecule has 0 atom stereocenters. The maximum absolute atomic E-state index is 5.00. The van der Waals surface area contributed by atoms with E-state index in [2.05, 4.69) is 57.0 Å². The van der Waals surface area contributed by atoms with Crippen LogP contribution in [0.25, 0.3) is 0 Å². The molecule has 0 saturated carbocycles. The summed E-state index contributed by atoms with van der Waals surface area (Å²) < 4.78 is 5.00. The number of aromatic nitrogens is 4. The van der Waals surface area contributed by atoms with Gasteiger partial charge in [-0.2, -0.15) is 10.1 Å². The van der Waals surface area contributed by atoms with Gasteiger partial charge in [0.1, 0.15) is 5.76 Å². The third kappa shape index (κ3) is 3.82. The van der Waals surface area contributed by atoms with E-state index in [1.807, 2.05) is 19.1 Å². The van der Waals surface area contributed by atoms with Gasteiger partial charge in [0.15, 0.2) is 11.6 Å². The van der Waals surface area contributed by atoms with E-state index in [9.17, 15) is 0 Å². The zero-order chi connectivity index (χ0) is 16.2. The van der Waals surface area contributed by atoms with Gasteiger partial charge >= 0.3 is 0 Å². The molecule has 118 valence electrons. The second-order valence-electron chi connectivity index (χ2n) is 5.51. The lowest BCUT2D eigenvalue weighted by Crippen LogP contribution is -2.02. The van der Waals surface area contributed by atoms with Crippen LogP contribution in [-0.2, 0) is 0 Å². The Morgan fingerprint density at radius 1 is 1.04 bits per heavy atom. The van der Waals surface area contributed by atoms with Gasteiger partial charge in [-0.3, -0.25) is 0 Å². The van der Waals surface area contributed by atoms with E-state index in [0.29, 0.717) is 23.5 Å². The van der Waals surface area contributed by atoms with Gasteiger partial charge in [-0.25, -0.2) is 0 Å². The number of nitrogens with one attached hydrogen (secondary N) is 2. The van der Waals surface area contributed by atoms with Gasteiger partial charge in [-0.15, -0.1) is 5.10 Å². The molecule has 2 aromatic heterocycles. The Hall–Kier alpha value is -2.96. The van der Waals surface area contributed by atoms with Crippen LogP contribution >= 0.6 is 0 Å². The van der Waals surface area contributed by atoms with Crippen LogP contribution in [0.15, 0.2) is 41.1 Å². The smallest absolute Gasteiger partial charge is 0.249 e. The van der Waals surface area contributed by atoms with E-state index < -0.39 is 0 Å². The van der Waals surface area contributed by atoms with Crippen molar-refractivity contribution in [3.8, 4) is 0 Å². The zero-order valence-corrected chi connectivity index (χ0v) is 13.2. The Kier molecular flexibility index (Phi) is 4.18. The second-order valence-corrected chi connectivity index (χ2v) is 5.51. The Balaban J connectivity index is 1.72. The topological polar surface area (TPSA) is 88.8 Å². The predicted octanol–water partition coefficient (Wildman–Crippen LogP) is 3.78. The highest BCUT2D eigenvalue weighted by molar-refractivity contribution is 5.56. The number of rotatable bonds is 5. The average molecular weight is 310 g/mol. The van der Waals surface area contributed by atoms with Crippen LogP contribution in [0, 0.1) is 6.92 Å². The summed E-state index contributed by atoms with van der Waals surface area (Å²) in [5.41, 5.74) is 2.19. The molecule has 0 aliphatic rings. The summed E-state index contributed by atoms with van der Waals surface area (Å²) >= 11 is 0. The summed E-state index contributed by atoms with van der Waals surface area (Å²) in [5, 5.41) is 17.9. The van der Waals surface area contributed by atoms with Crippen molar-refractivity contribution < 1.29 is 4.52 Å². The molecule has 2 N–H and O–H groups in total. The summed E-state index contributed by atoms with van der Waals surface area (Å²) in [7, 11) is 0. The third-order valence-electron chi connectivity index (χ3n) is 3.28. The molecule has 0 fully saturated rings. The number of benzene rings is 1. The van der Waals surface area contributed by atoms with Gasteiger partial charge in [0, 0.05) is 11.8 Å². The molecule has 2 heterocycles. The number of nitrogens with zero attached hydrogens (tertiary/aromatic N) is 4. The minimum atomic E-state index is 0.410. The van der Waals surface area contributed by atoms with Gasteiger partial charge in [-0.05, 0) is 30.5 Å². The van der Waals surface area contributed by atoms with Crippen LogP contribution in [0.5, 0.6) is 0 Å². The molecule has 0 radical (unpaired) electrons. The highest BCUT2D eigenvalue weighted by atomic mass is 16.5. The molecule has 0 spiro atoms. The Bertz CT molecular complexity index is 781. The first-order valence-electron chi connectivity index (χ1n) is 7.37. The predicted molar refractivity (Wildman–Crippen MR) is 88.2 cm³/mol. The molecule has 1 aromatic carbocycles. The Morgan fingerprint density at radius 3 is 2.48 bits per heavy atom. The van der Waals surface area contributed by atoms with E-state index in [4.69, 9.17) is 4.52 Å². The van der Waals surface area contributed by atoms with Crippen molar-refractivity contribution in [1.29, 1.82) is 0 Å². The minimum absolute atomic E-state index is 0.410. The van der Waals surface area contributed by atoms with Crippen molar-refractivity contribution >= 4 is 23.3 Å². The van der Waals surface area contributed by atoms with Crippen LogP contribution < -0.4 is 10.6 Å². The fraction of sp³-hybridized carbons (Fsp3) is 0.250. The molecule has 0 aliphatic heterocycles. The molecular formula is C16H18N6O. The maximum Gasteiger partial charge on any atom is 0.249 e. The minimum Gasteiger partial charge on any atom is -0.360 e. The highest BCUT2D eigenvalue weighted by Crippen LogP contribution is 2.20. The van der Waals surface area contributed by atoms with E-state index in [0.717, 1.165) is 11.4 Å². The van der Waals surface area contributed by atoms with Crippen LogP contribution in [0.4, 0.5) is 23.3 Å². The molecular weight excluding hydrogens is 292 g/mol. The lowest BCUT2D eigenvalue weighted by molar-refractivity contribution is 0.400. The normalized spacial score (nSPS) is 10.8. The second kappa shape index (κ2) is 6.43. The molecule has 0 amide bonds. The van der Waals surface area contributed by atoms with E-state index in [1.54, 1.807) is 6.07 Å². The molecule has 0 aliphatic carbocycles. The largest absolute Gasteiger partial charge is 0.360 e. The number of hydrogen-bond acceptors (Lipinski definition) is 7. The lowest BCUT2D eigenvalue weighted by atomic mass is 10.0. The van der Waals surface area contributed by atoms with Crippen molar-refractivity contribution in [2.45, 2.75) is 26.7 Å². The van der Waals surface area contributed by atoms with Crippen molar-refractivity contribution in [2.75, 3.05) is 10.6 Å². The quantitative estimate of drug-likeness (QED) is 0.741. The van der Waals surface area contributed by atoms with Crippen molar-refractivity contribution in [2.24, 2.45) is 0 Å². The van der Waals surface area contributed by atoms with Crippen molar-refractivity contribution in [1.82, 2.24) is 20.3 Å². The van der Waals surface area contributed by atoms with E-state index in [1.165, 1.54) is 11.8 Å². The average Bonchev–Trinajstić information content (AvgIpc) is 2.93. The fourth-order valence-corrected chi connectivity index (χ4v) is 2.05. The van der Waals surface area contributed by atoms with Gasteiger partial charge in [0.05, 0.1) is 6.20 Å². The monoisotopic (exact) mass is 310 g/mol. The summed E-state index contributed by atoms with van der Waals surface area (Å²) in [6.45, 7) is 6.15. The van der Waals surface area contributed by atoms with Crippen LogP contribution in [-0.4, -0.2) is 20.3 Å². The van der Waals surface area contributed by atoms with Gasteiger partial charge in [-0.1, -0.05) is 31.1 Å². The van der Waals surface area contributed by atoms with Crippen LogP contribution in [0.3, 0.4) is 0 Å². The summed E-state index contributed by atoms with van der Waals surface area (Å²) in [5.74, 6) is 2.75. The molecule has 23 heavy (non-hydrogen) atoms. The summed E-state index contributed by atoms with van der Waals surface area (Å²) in [4.78, 5) is 4.35. The van der Waals surface area contributed by atoms with E-state index >= 15 is 0 Å². The highest BCUT2D eigenvalue weighted by Gasteiger charge is 2.05. The molecule has 0 bridgehead atoms. The first kappa shape index (κ1) is 15.0.